The maximum absolute atomic E-state index is 13.7. The average Bonchev–Trinajstić information content (AvgIpc) is 2.28. The minimum atomic E-state index is -1.20. The molecule has 1 amide bonds. The number of benzene rings is 1. The van der Waals surface area contributed by atoms with Gasteiger partial charge >= 0.3 is 5.97 Å². The first-order valence-corrected chi connectivity index (χ1v) is 5.13. The van der Waals surface area contributed by atoms with E-state index >= 15 is 0 Å². The molecule has 1 saturated heterocycles. The van der Waals surface area contributed by atoms with Crippen LogP contribution in [-0.2, 0) is 4.79 Å². The highest BCUT2D eigenvalue weighted by atomic mass is 19.1. The van der Waals surface area contributed by atoms with E-state index in [0.29, 0.717) is 13.1 Å². The summed E-state index contributed by atoms with van der Waals surface area (Å²) in [6, 6.07) is 3.86. The second kappa shape index (κ2) is 4.40. The summed E-state index contributed by atoms with van der Waals surface area (Å²) in [6.45, 7) is 0.750. The van der Waals surface area contributed by atoms with Crippen LogP contribution in [0.2, 0.25) is 0 Å². The number of amides is 1. The summed E-state index contributed by atoms with van der Waals surface area (Å²) in [4.78, 5) is 23.7. The molecule has 0 unspecified atom stereocenters. The molecule has 1 heterocycles. The van der Waals surface area contributed by atoms with Gasteiger partial charge in [-0.15, -0.1) is 0 Å². The largest absolute Gasteiger partial charge is 0.478 e. The lowest BCUT2D eigenvalue weighted by Crippen LogP contribution is -2.48. The average molecular weight is 238 g/mol. The van der Waals surface area contributed by atoms with Crippen molar-refractivity contribution in [3.63, 3.8) is 0 Å². The van der Waals surface area contributed by atoms with Gasteiger partial charge in [0.25, 0.3) is 0 Å². The molecule has 1 aliphatic heterocycles. The van der Waals surface area contributed by atoms with E-state index in [-0.39, 0.29) is 23.7 Å². The molecule has 0 bridgehead atoms. The summed E-state index contributed by atoms with van der Waals surface area (Å²) in [5.41, 5.74) is -0.144. The molecule has 2 N–H and O–H groups in total. The normalized spacial score (nSPS) is 15.6. The second-order valence-corrected chi connectivity index (χ2v) is 3.71. The van der Waals surface area contributed by atoms with Crippen LogP contribution in [0.3, 0.4) is 0 Å². The molecule has 1 aromatic carbocycles. The van der Waals surface area contributed by atoms with Crippen molar-refractivity contribution in [1.82, 2.24) is 5.32 Å². The van der Waals surface area contributed by atoms with Crippen molar-refractivity contribution in [2.75, 3.05) is 24.5 Å². The second-order valence-electron chi connectivity index (χ2n) is 3.71. The maximum Gasteiger partial charge on any atom is 0.337 e. The number of piperazine rings is 1. The molecule has 0 atom stereocenters. The number of carbonyl (C=O) groups excluding carboxylic acids is 1. The van der Waals surface area contributed by atoms with E-state index in [2.05, 4.69) is 5.32 Å². The molecule has 0 aliphatic carbocycles. The molecule has 17 heavy (non-hydrogen) atoms. The van der Waals surface area contributed by atoms with Crippen molar-refractivity contribution in [3.05, 3.63) is 29.6 Å². The van der Waals surface area contributed by atoms with Crippen LogP contribution in [0.4, 0.5) is 10.1 Å². The lowest BCUT2D eigenvalue weighted by atomic mass is 10.1. The number of nitrogens with zero attached hydrogens (tertiary/aromatic N) is 1. The van der Waals surface area contributed by atoms with Crippen LogP contribution in [0.5, 0.6) is 0 Å². The molecule has 0 radical (unpaired) electrons. The Bertz CT molecular complexity index is 476. The highest BCUT2D eigenvalue weighted by molar-refractivity contribution is 5.96. The summed E-state index contributed by atoms with van der Waals surface area (Å²) in [6.07, 6.45) is 0. The molecule has 1 fully saturated rings. The van der Waals surface area contributed by atoms with Crippen LogP contribution >= 0.6 is 0 Å². The van der Waals surface area contributed by atoms with Gasteiger partial charge in [-0.25, -0.2) is 9.18 Å². The number of carboxylic acids is 1. The molecule has 0 aromatic heterocycles. The lowest BCUT2D eigenvalue weighted by molar-refractivity contribution is -0.120. The number of carboxylic acid groups (broad SMARTS) is 1. The van der Waals surface area contributed by atoms with E-state index in [0.717, 1.165) is 0 Å². The van der Waals surface area contributed by atoms with Gasteiger partial charge in [0.15, 0.2) is 0 Å². The molecule has 0 spiro atoms. The van der Waals surface area contributed by atoms with Crippen LogP contribution < -0.4 is 10.2 Å². The van der Waals surface area contributed by atoms with Crippen molar-refractivity contribution >= 4 is 17.6 Å². The topological polar surface area (TPSA) is 69.6 Å². The van der Waals surface area contributed by atoms with E-state index < -0.39 is 11.8 Å². The van der Waals surface area contributed by atoms with Gasteiger partial charge in [-0.05, 0) is 12.1 Å². The van der Waals surface area contributed by atoms with E-state index in [1.165, 1.54) is 23.1 Å². The van der Waals surface area contributed by atoms with Gasteiger partial charge < -0.3 is 15.3 Å². The third kappa shape index (κ3) is 2.20. The molecule has 90 valence electrons. The van der Waals surface area contributed by atoms with E-state index in [4.69, 9.17) is 5.11 Å². The number of nitrogens with one attached hydrogen (secondary N) is 1. The van der Waals surface area contributed by atoms with Crippen LogP contribution in [0.15, 0.2) is 18.2 Å². The SMILES string of the molecule is O=C1CN(c2c(F)cccc2C(=O)O)CCN1. The third-order valence-corrected chi connectivity index (χ3v) is 2.57. The number of hydrogen-bond acceptors (Lipinski definition) is 3. The molecule has 2 rings (SSSR count). The maximum atomic E-state index is 13.7. The van der Waals surface area contributed by atoms with Crippen molar-refractivity contribution in [2.45, 2.75) is 0 Å². The van der Waals surface area contributed by atoms with E-state index in [9.17, 15) is 14.0 Å². The number of carbonyl (C=O) groups is 2. The molecule has 5 nitrogen and oxygen atoms in total. The number of halogens is 1. The Morgan fingerprint density at radius 1 is 1.47 bits per heavy atom. The zero-order valence-electron chi connectivity index (χ0n) is 8.94. The predicted octanol–water partition coefficient (Wildman–Crippen LogP) is 0.460. The Kier molecular flexibility index (Phi) is 2.95. The van der Waals surface area contributed by atoms with Crippen LogP contribution in [0.1, 0.15) is 10.4 Å². The number of hydrogen-bond donors (Lipinski definition) is 2. The summed E-state index contributed by atoms with van der Waals surface area (Å²) in [7, 11) is 0. The fourth-order valence-corrected chi connectivity index (χ4v) is 1.84. The van der Waals surface area contributed by atoms with E-state index in [1.807, 2.05) is 0 Å². The van der Waals surface area contributed by atoms with Gasteiger partial charge in [0.1, 0.15) is 5.82 Å². The standard InChI is InChI=1S/C11H11FN2O3/c12-8-3-1-2-7(11(16)17)10(8)14-5-4-13-9(15)6-14/h1-3H,4-6H2,(H,13,15)(H,16,17). The zero-order chi connectivity index (χ0) is 12.4. The third-order valence-electron chi connectivity index (χ3n) is 2.57. The van der Waals surface area contributed by atoms with Crippen LogP contribution in [0, 0.1) is 5.82 Å². The lowest BCUT2D eigenvalue weighted by Gasteiger charge is -2.29. The smallest absolute Gasteiger partial charge is 0.337 e. The first-order chi connectivity index (χ1) is 8.09. The molecule has 6 heteroatoms. The van der Waals surface area contributed by atoms with Crippen molar-refractivity contribution in [3.8, 4) is 0 Å². The summed E-state index contributed by atoms with van der Waals surface area (Å²) in [5, 5.41) is 11.6. The Morgan fingerprint density at radius 3 is 2.88 bits per heavy atom. The van der Waals surface area contributed by atoms with Gasteiger partial charge in [0, 0.05) is 13.1 Å². The molecule has 1 aromatic rings. The summed E-state index contributed by atoms with van der Waals surface area (Å²) in [5.74, 6) is -2.07. The Labute approximate surface area is 96.8 Å². The van der Waals surface area contributed by atoms with Gasteiger partial charge in [0.05, 0.1) is 17.8 Å². The summed E-state index contributed by atoms with van der Waals surface area (Å²) < 4.78 is 13.7. The first kappa shape index (κ1) is 11.4. The Morgan fingerprint density at radius 2 is 2.24 bits per heavy atom. The number of aromatic carboxylic acids is 1. The van der Waals surface area contributed by atoms with Gasteiger partial charge in [-0.1, -0.05) is 6.07 Å². The molecular weight excluding hydrogens is 227 g/mol. The minimum absolute atomic E-state index is 0.0187. The molecule has 1 aliphatic rings. The number of para-hydroxylation sites is 1. The Hall–Kier alpha value is -2.11. The molecular formula is C11H11FN2O3. The zero-order valence-corrected chi connectivity index (χ0v) is 8.94. The fourth-order valence-electron chi connectivity index (χ4n) is 1.84. The first-order valence-electron chi connectivity index (χ1n) is 5.13. The number of rotatable bonds is 2. The van der Waals surface area contributed by atoms with Gasteiger partial charge in [0.2, 0.25) is 5.91 Å². The van der Waals surface area contributed by atoms with Gasteiger partial charge in [-0.2, -0.15) is 0 Å². The van der Waals surface area contributed by atoms with Crippen molar-refractivity contribution < 1.29 is 19.1 Å². The molecule has 0 saturated carbocycles. The van der Waals surface area contributed by atoms with Crippen molar-refractivity contribution in [1.29, 1.82) is 0 Å². The highest BCUT2D eigenvalue weighted by Gasteiger charge is 2.24. The summed E-state index contributed by atoms with van der Waals surface area (Å²) >= 11 is 0. The minimum Gasteiger partial charge on any atom is -0.478 e. The van der Waals surface area contributed by atoms with Gasteiger partial charge in [-0.3, -0.25) is 4.79 Å². The fraction of sp³-hybridized carbons (Fsp3) is 0.273. The Balaban J connectivity index is 2.42. The van der Waals surface area contributed by atoms with Crippen molar-refractivity contribution in [2.24, 2.45) is 0 Å². The monoisotopic (exact) mass is 238 g/mol. The number of anilines is 1. The van der Waals surface area contributed by atoms with E-state index in [1.54, 1.807) is 0 Å². The van der Waals surface area contributed by atoms with Crippen LogP contribution in [0.25, 0.3) is 0 Å². The highest BCUT2D eigenvalue weighted by Crippen LogP contribution is 2.24. The predicted molar refractivity (Wildman–Crippen MR) is 58.6 cm³/mol. The quantitative estimate of drug-likeness (QED) is 0.785. The van der Waals surface area contributed by atoms with Crippen LogP contribution in [-0.4, -0.2) is 36.6 Å².